The van der Waals surface area contributed by atoms with Crippen molar-refractivity contribution in [2.75, 3.05) is 31.1 Å². The Balaban J connectivity index is 0.00000161. The largest absolute Gasteiger partial charge is 0.345 e. The van der Waals surface area contributed by atoms with Crippen LogP contribution in [0.4, 0.5) is 5.13 Å². The van der Waals surface area contributed by atoms with Crippen LogP contribution in [-0.2, 0) is 4.79 Å². The van der Waals surface area contributed by atoms with Crippen LogP contribution in [0, 0.1) is 0 Å². The number of para-hydroxylation sites is 1. The maximum Gasteiger partial charge on any atom is 0.239 e. The van der Waals surface area contributed by atoms with Gasteiger partial charge in [0, 0.05) is 26.2 Å². The van der Waals surface area contributed by atoms with Gasteiger partial charge in [-0.25, -0.2) is 4.98 Å². The molecule has 2 aromatic rings. The van der Waals surface area contributed by atoms with Gasteiger partial charge in [0.05, 0.1) is 16.3 Å². The van der Waals surface area contributed by atoms with Crippen LogP contribution >= 0.6 is 23.7 Å². The number of aromatic nitrogens is 1. The van der Waals surface area contributed by atoms with E-state index in [0.29, 0.717) is 0 Å². The van der Waals surface area contributed by atoms with Crippen LogP contribution in [0.1, 0.15) is 6.92 Å². The van der Waals surface area contributed by atoms with E-state index in [2.05, 4.69) is 16.0 Å². The lowest BCUT2D eigenvalue weighted by Crippen LogP contribution is -2.52. The van der Waals surface area contributed by atoms with E-state index < -0.39 is 6.04 Å². The molecule has 1 fully saturated rings. The molecule has 1 aliphatic heterocycles. The third-order valence-corrected chi connectivity index (χ3v) is 4.63. The number of anilines is 1. The molecule has 1 aromatic heterocycles. The van der Waals surface area contributed by atoms with Gasteiger partial charge in [-0.2, -0.15) is 0 Å². The molecule has 1 aliphatic rings. The third kappa shape index (κ3) is 3.28. The first kappa shape index (κ1) is 16.0. The minimum atomic E-state index is -0.413. The predicted octanol–water partition coefficient (Wildman–Crippen LogP) is 1.71. The highest BCUT2D eigenvalue weighted by molar-refractivity contribution is 7.22. The smallest absolute Gasteiger partial charge is 0.239 e. The Hall–Kier alpha value is -1.37. The summed E-state index contributed by atoms with van der Waals surface area (Å²) in [4.78, 5) is 20.6. The average Bonchev–Trinajstić information content (AvgIpc) is 2.90. The molecule has 114 valence electrons. The van der Waals surface area contributed by atoms with E-state index in [9.17, 15) is 4.79 Å². The molecule has 0 aliphatic carbocycles. The van der Waals surface area contributed by atoms with Gasteiger partial charge >= 0.3 is 0 Å². The molecule has 7 heteroatoms. The van der Waals surface area contributed by atoms with Crippen LogP contribution in [0.25, 0.3) is 10.2 Å². The van der Waals surface area contributed by atoms with Gasteiger partial charge in [0.2, 0.25) is 5.91 Å². The number of thiazole rings is 1. The van der Waals surface area contributed by atoms with Crippen LogP contribution < -0.4 is 10.6 Å². The van der Waals surface area contributed by atoms with Gasteiger partial charge < -0.3 is 15.5 Å². The second-order valence-corrected chi connectivity index (χ2v) is 6.07. The van der Waals surface area contributed by atoms with Crippen molar-refractivity contribution < 1.29 is 4.79 Å². The van der Waals surface area contributed by atoms with E-state index in [4.69, 9.17) is 5.73 Å². The van der Waals surface area contributed by atoms with Crippen LogP contribution in [0.15, 0.2) is 24.3 Å². The fourth-order valence-corrected chi connectivity index (χ4v) is 3.42. The summed E-state index contributed by atoms with van der Waals surface area (Å²) in [6.45, 7) is 4.81. The van der Waals surface area contributed by atoms with Gasteiger partial charge in [-0.05, 0) is 19.1 Å². The quantitative estimate of drug-likeness (QED) is 0.912. The first-order valence-electron chi connectivity index (χ1n) is 6.80. The number of benzene rings is 1. The molecule has 0 saturated carbocycles. The summed E-state index contributed by atoms with van der Waals surface area (Å²) in [6, 6.07) is 7.75. The first-order valence-corrected chi connectivity index (χ1v) is 7.61. The molecule has 21 heavy (non-hydrogen) atoms. The number of hydrogen-bond donors (Lipinski definition) is 1. The molecule has 0 unspecified atom stereocenters. The van der Waals surface area contributed by atoms with Gasteiger partial charge in [0.15, 0.2) is 5.13 Å². The molecule has 0 radical (unpaired) electrons. The Labute approximate surface area is 134 Å². The minimum Gasteiger partial charge on any atom is -0.345 e. The molecule has 3 rings (SSSR count). The number of amides is 1. The number of nitrogens with zero attached hydrogens (tertiary/aromatic N) is 3. The highest BCUT2D eigenvalue weighted by Crippen LogP contribution is 2.29. The number of rotatable bonds is 2. The Morgan fingerprint density at radius 1 is 1.29 bits per heavy atom. The van der Waals surface area contributed by atoms with E-state index in [0.717, 1.165) is 36.8 Å². The molecule has 0 bridgehead atoms. The number of carbonyl (C=O) groups is 1. The molecule has 2 heterocycles. The lowest BCUT2D eigenvalue weighted by Gasteiger charge is -2.35. The van der Waals surface area contributed by atoms with Crippen LogP contribution in [0.5, 0.6) is 0 Å². The molecular weight excluding hydrogens is 308 g/mol. The molecule has 1 aromatic carbocycles. The zero-order valence-electron chi connectivity index (χ0n) is 11.9. The van der Waals surface area contributed by atoms with Crippen molar-refractivity contribution >= 4 is 45.0 Å². The number of halogens is 1. The summed E-state index contributed by atoms with van der Waals surface area (Å²) in [5.74, 6) is 0.0361. The summed E-state index contributed by atoms with van der Waals surface area (Å²) in [7, 11) is 0. The van der Waals surface area contributed by atoms with Crippen molar-refractivity contribution in [1.82, 2.24) is 9.88 Å². The zero-order chi connectivity index (χ0) is 14.1. The van der Waals surface area contributed by atoms with Crippen molar-refractivity contribution in [1.29, 1.82) is 0 Å². The highest BCUT2D eigenvalue weighted by Gasteiger charge is 2.24. The van der Waals surface area contributed by atoms with Crippen molar-refractivity contribution in [3.63, 3.8) is 0 Å². The minimum absolute atomic E-state index is 0. The predicted molar refractivity (Wildman–Crippen MR) is 89.3 cm³/mol. The molecule has 2 N–H and O–H groups in total. The monoisotopic (exact) mass is 326 g/mol. The normalized spacial score (nSPS) is 16.7. The van der Waals surface area contributed by atoms with Gasteiger partial charge in [0.1, 0.15) is 0 Å². The Bertz CT molecular complexity index is 589. The van der Waals surface area contributed by atoms with E-state index in [1.165, 1.54) is 4.70 Å². The number of hydrogen-bond acceptors (Lipinski definition) is 5. The van der Waals surface area contributed by atoms with Crippen molar-refractivity contribution in [2.45, 2.75) is 13.0 Å². The number of carbonyl (C=O) groups excluding carboxylic acids is 1. The Kier molecular flexibility index (Phi) is 5.03. The number of fused-ring (bicyclic) bond motifs is 1. The van der Waals surface area contributed by atoms with Gasteiger partial charge in [-0.3, -0.25) is 4.79 Å². The van der Waals surface area contributed by atoms with Crippen LogP contribution in [0.3, 0.4) is 0 Å². The Morgan fingerprint density at radius 2 is 1.95 bits per heavy atom. The number of piperazine rings is 1. The molecule has 1 amide bonds. The van der Waals surface area contributed by atoms with E-state index >= 15 is 0 Å². The molecule has 0 spiro atoms. The van der Waals surface area contributed by atoms with E-state index in [-0.39, 0.29) is 18.3 Å². The molecule has 1 saturated heterocycles. The van der Waals surface area contributed by atoms with Crippen molar-refractivity contribution in [3.05, 3.63) is 24.3 Å². The molecule has 5 nitrogen and oxygen atoms in total. The van der Waals surface area contributed by atoms with Crippen molar-refractivity contribution in [2.24, 2.45) is 5.73 Å². The highest BCUT2D eigenvalue weighted by atomic mass is 35.5. The van der Waals surface area contributed by atoms with E-state index in [1.807, 2.05) is 23.1 Å². The summed E-state index contributed by atoms with van der Waals surface area (Å²) >= 11 is 1.71. The second-order valence-electron chi connectivity index (χ2n) is 5.07. The fourth-order valence-electron chi connectivity index (χ4n) is 2.40. The Morgan fingerprint density at radius 3 is 2.57 bits per heavy atom. The van der Waals surface area contributed by atoms with Crippen LogP contribution in [-0.4, -0.2) is 48.0 Å². The maximum absolute atomic E-state index is 11.9. The van der Waals surface area contributed by atoms with Crippen molar-refractivity contribution in [3.8, 4) is 0 Å². The topological polar surface area (TPSA) is 62.5 Å². The summed E-state index contributed by atoms with van der Waals surface area (Å²) < 4.78 is 1.21. The summed E-state index contributed by atoms with van der Waals surface area (Å²) in [5, 5.41) is 1.04. The van der Waals surface area contributed by atoms with E-state index in [1.54, 1.807) is 18.3 Å². The lowest BCUT2D eigenvalue weighted by atomic mass is 10.2. The molecular formula is C14H19ClN4OS. The maximum atomic E-state index is 11.9. The lowest BCUT2D eigenvalue weighted by molar-refractivity contribution is -0.132. The van der Waals surface area contributed by atoms with Gasteiger partial charge in [-0.1, -0.05) is 23.5 Å². The third-order valence-electron chi connectivity index (χ3n) is 3.53. The standard InChI is InChI=1S/C14H18N4OS.ClH/c1-10(15)13(19)17-6-8-18(9-7-17)14-16-11-4-2-3-5-12(11)20-14;/h2-5,10H,6-9,15H2,1H3;1H/t10-;/m1./s1. The summed E-state index contributed by atoms with van der Waals surface area (Å²) in [6.07, 6.45) is 0. The molecule has 1 atom stereocenters. The first-order chi connectivity index (χ1) is 9.65. The van der Waals surface area contributed by atoms with Gasteiger partial charge in [-0.15, -0.1) is 12.4 Å². The second kappa shape index (κ2) is 6.60. The number of nitrogens with two attached hydrogens (primary N) is 1. The average molecular weight is 327 g/mol. The zero-order valence-corrected chi connectivity index (χ0v) is 13.5. The van der Waals surface area contributed by atoms with Gasteiger partial charge in [0.25, 0.3) is 0 Å². The fraction of sp³-hybridized carbons (Fsp3) is 0.429. The van der Waals surface area contributed by atoms with Crippen LogP contribution in [0.2, 0.25) is 0 Å². The SMILES string of the molecule is C[C@@H](N)C(=O)N1CCN(c2nc3ccccc3s2)CC1.Cl. The summed E-state index contributed by atoms with van der Waals surface area (Å²) in [5.41, 5.74) is 6.69.